The molecule has 0 amide bonds. The van der Waals surface area contributed by atoms with Gasteiger partial charge in [0.25, 0.3) is 0 Å². The van der Waals surface area contributed by atoms with Gasteiger partial charge in [-0.15, -0.1) is 5.10 Å². The van der Waals surface area contributed by atoms with Crippen molar-refractivity contribution in [1.82, 2.24) is 15.0 Å². The van der Waals surface area contributed by atoms with Gasteiger partial charge in [-0.05, 0) is 24.6 Å². The quantitative estimate of drug-likeness (QED) is 0.794. The Hall–Kier alpha value is -1.69. The lowest BCUT2D eigenvalue weighted by Gasteiger charge is -2.08. The molecule has 2 aromatic rings. The molecule has 0 N–H and O–H groups in total. The summed E-state index contributed by atoms with van der Waals surface area (Å²) < 4.78 is 7.67. The number of hydrogen-bond acceptors (Lipinski definition) is 4. The monoisotopic (exact) mass is 323 g/mol. The number of benzene rings is 1. The van der Waals surface area contributed by atoms with Crippen LogP contribution in [0, 0.1) is 0 Å². The highest BCUT2D eigenvalue weighted by Crippen LogP contribution is 2.25. The second kappa shape index (κ2) is 5.97. The SMILES string of the molecule is CCCn1nncc1C(=O)c1cc(Br)ccc1OC. The van der Waals surface area contributed by atoms with Gasteiger partial charge in [-0.2, -0.15) is 0 Å². The van der Waals surface area contributed by atoms with Gasteiger partial charge in [0.1, 0.15) is 11.4 Å². The minimum atomic E-state index is -0.142. The van der Waals surface area contributed by atoms with E-state index in [-0.39, 0.29) is 5.78 Å². The highest BCUT2D eigenvalue weighted by atomic mass is 79.9. The molecule has 19 heavy (non-hydrogen) atoms. The molecule has 0 aliphatic heterocycles. The third kappa shape index (κ3) is 2.84. The summed E-state index contributed by atoms with van der Waals surface area (Å²) in [7, 11) is 1.54. The maximum absolute atomic E-state index is 12.5. The lowest BCUT2D eigenvalue weighted by molar-refractivity contribution is 0.102. The molecule has 1 aromatic heterocycles. The van der Waals surface area contributed by atoms with E-state index in [0.29, 0.717) is 23.6 Å². The number of ether oxygens (including phenoxy) is 1. The molecule has 6 heteroatoms. The van der Waals surface area contributed by atoms with Crippen molar-refractivity contribution in [3.05, 3.63) is 40.1 Å². The second-order valence-electron chi connectivity index (χ2n) is 4.02. The Balaban J connectivity index is 2.43. The van der Waals surface area contributed by atoms with E-state index < -0.39 is 0 Å². The average Bonchev–Trinajstić information content (AvgIpc) is 2.86. The second-order valence-corrected chi connectivity index (χ2v) is 4.93. The molecule has 100 valence electrons. The van der Waals surface area contributed by atoms with Crippen molar-refractivity contribution in [2.24, 2.45) is 0 Å². The Morgan fingerprint density at radius 1 is 1.47 bits per heavy atom. The lowest BCUT2D eigenvalue weighted by atomic mass is 10.1. The van der Waals surface area contributed by atoms with Gasteiger partial charge in [0.05, 0.1) is 18.9 Å². The van der Waals surface area contributed by atoms with Crippen LogP contribution in [-0.4, -0.2) is 27.9 Å². The predicted octanol–water partition coefficient (Wildman–Crippen LogP) is 2.69. The number of rotatable bonds is 5. The van der Waals surface area contributed by atoms with Crippen LogP contribution < -0.4 is 4.74 Å². The molecular formula is C13H14BrN3O2. The fourth-order valence-electron chi connectivity index (χ4n) is 1.81. The summed E-state index contributed by atoms with van der Waals surface area (Å²) >= 11 is 3.36. The molecule has 0 unspecified atom stereocenters. The van der Waals surface area contributed by atoms with Crippen LogP contribution in [0.4, 0.5) is 0 Å². The molecule has 0 radical (unpaired) electrons. The maximum Gasteiger partial charge on any atom is 0.216 e. The fourth-order valence-corrected chi connectivity index (χ4v) is 2.17. The van der Waals surface area contributed by atoms with Gasteiger partial charge >= 0.3 is 0 Å². The standard InChI is InChI=1S/C13H14BrN3O2/c1-3-6-17-11(8-15-16-17)13(18)10-7-9(14)4-5-12(10)19-2/h4-5,7-8H,3,6H2,1-2H3. The Morgan fingerprint density at radius 3 is 2.95 bits per heavy atom. The predicted molar refractivity (Wildman–Crippen MR) is 74.4 cm³/mol. The summed E-state index contributed by atoms with van der Waals surface area (Å²) in [5.74, 6) is 0.397. The summed E-state index contributed by atoms with van der Waals surface area (Å²) in [6, 6.07) is 5.33. The largest absolute Gasteiger partial charge is 0.496 e. The topological polar surface area (TPSA) is 57.0 Å². The molecule has 5 nitrogen and oxygen atoms in total. The van der Waals surface area contributed by atoms with Crippen molar-refractivity contribution in [2.75, 3.05) is 7.11 Å². The maximum atomic E-state index is 12.5. The first kappa shape index (κ1) is 13.7. The third-order valence-corrected chi connectivity index (χ3v) is 3.19. The minimum Gasteiger partial charge on any atom is -0.496 e. The number of hydrogen-bond donors (Lipinski definition) is 0. The normalized spacial score (nSPS) is 10.5. The van der Waals surface area contributed by atoms with Crippen molar-refractivity contribution in [3.8, 4) is 5.75 Å². The number of carbonyl (C=O) groups excluding carboxylic acids is 1. The van der Waals surface area contributed by atoms with E-state index >= 15 is 0 Å². The van der Waals surface area contributed by atoms with Crippen molar-refractivity contribution >= 4 is 21.7 Å². The Labute approximate surface area is 119 Å². The molecule has 0 spiro atoms. The number of methoxy groups -OCH3 is 1. The van der Waals surface area contributed by atoms with Crippen molar-refractivity contribution in [1.29, 1.82) is 0 Å². The number of ketones is 1. The van der Waals surface area contributed by atoms with Crippen LogP contribution in [0.1, 0.15) is 29.4 Å². The molecule has 0 saturated heterocycles. The minimum absolute atomic E-state index is 0.142. The van der Waals surface area contributed by atoms with Crippen LogP contribution in [0.25, 0.3) is 0 Å². The molecule has 2 rings (SSSR count). The number of aryl methyl sites for hydroxylation is 1. The van der Waals surface area contributed by atoms with Crippen LogP contribution in [0.15, 0.2) is 28.9 Å². The van der Waals surface area contributed by atoms with Crippen molar-refractivity contribution in [2.45, 2.75) is 19.9 Å². The Morgan fingerprint density at radius 2 is 2.26 bits per heavy atom. The van der Waals surface area contributed by atoms with Gasteiger partial charge in [-0.25, -0.2) is 4.68 Å². The first-order chi connectivity index (χ1) is 9.17. The van der Waals surface area contributed by atoms with Gasteiger partial charge in [0.2, 0.25) is 5.78 Å². The van der Waals surface area contributed by atoms with Gasteiger partial charge in [-0.3, -0.25) is 4.79 Å². The molecule has 0 atom stereocenters. The highest BCUT2D eigenvalue weighted by molar-refractivity contribution is 9.10. The van der Waals surface area contributed by atoms with E-state index in [1.54, 1.807) is 23.9 Å². The number of carbonyl (C=O) groups is 1. The molecule has 0 bridgehead atoms. The van der Waals surface area contributed by atoms with Crippen LogP contribution >= 0.6 is 15.9 Å². The van der Waals surface area contributed by atoms with Gasteiger partial charge < -0.3 is 4.74 Å². The number of aromatic nitrogens is 3. The van der Waals surface area contributed by atoms with E-state index in [9.17, 15) is 4.79 Å². The Bertz CT molecular complexity index is 595. The molecule has 0 aliphatic rings. The molecule has 0 fully saturated rings. The fraction of sp³-hybridized carbons (Fsp3) is 0.308. The summed E-state index contributed by atoms with van der Waals surface area (Å²) in [6.07, 6.45) is 2.37. The summed E-state index contributed by atoms with van der Waals surface area (Å²) in [5, 5.41) is 7.73. The molecule has 1 heterocycles. The van der Waals surface area contributed by atoms with Crippen LogP contribution in [-0.2, 0) is 6.54 Å². The van der Waals surface area contributed by atoms with Crippen LogP contribution in [0.5, 0.6) is 5.75 Å². The van der Waals surface area contributed by atoms with E-state index in [1.165, 1.54) is 6.20 Å². The zero-order chi connectivity index (χ0) is 13.8. The van der Waals surface area contributed by atoms with Crippen LogP contribution in [0.2, 0.25) is 0 Å². The zero-order valence-electron chi connectivity index (χ0n) is 10.8. The van der Waals surface area contributed by atoms with Crippen LogP contribution in [0.3, 0.4) is 0 Å². The summed E-state index contributed by atoms with van der Waals surface area (Å²) in [6.45, 7) is 2.69. The zero-order valence-corrected chi connectivity index (χ0v) is 12.3. The molecule has 1 aromatic carbocycles. The number of nitrogens with zero attached hydrogens (tertiary/aromatic N) is 3. The molecule has 0 aliphatic carbocycles. The van der Waals surface area contributed by atoms with E-state index in [2.05, 4.69) is 26.2 Å². The first-order valence-corrected chi connectivity index (χ1v) is 6.73. The highest BCUT2D eigenvalue weighted by Gasteiger charge is 2.19. The van der Waals surface area contributed by atoms with Gasteiger partial charge in [-0.1, -0.05) is 28.1 Å². The summed E-state index contributed by atoms with van der Waals surface area (Å²) in [4.78, 5) is 12.5. The Kier molecular flexibility index (Phi) is 4.31. The summed E-state index contributed by atoms with van der Waals surface area (Å²) in [5.41, 5.74) is 0.967. The average molecular weight is 324 g/mol. The smallest absolute Gasteiger partial charge is 0.216 e. The van der Waals surface area contributed by atoms with Gasteiger partial charge in [0.15, 0.2) is 0 Å². The lowest BCUT2D eigenvalue weighted by Crippen LogP contribution is -2.12. The van der Waals surface area contributed by atoms with Gasteiger partial charge in [0, 0.05) is 11.0 Å². The first-order valence-electron chi connectivity index (χ1n) is 5.94. The van der Waals surface area contributed by atoms with Crippen molar-refractivity contribution in [3.63, 3.8) is 0 Å². The van der Waals surface area contributed by atoms with E-state index in [1.807, 2.05) is 13.0 Å². The van der Waals surface area contributed by atoms with E-state index in [0.717, 1.165) is 10.9 Å². The number of halogens is 1. The molecule has 0 saturated carbocycles. The van der Waals surface area contributed by atoms with E-state index in [4.69, 9.17) is 4.74 Å². The van der Waals surface area contributed by atoms with Crippen molar-refractivity contribution < 1.29 is 9.53 Å². The third-order valence-electron chi connectivity index (χ3n) is 2.69. The molecular weight excluding hydrogens is 310 g/mol.